The van der Waals surface area contributed by atoms with E-state index < -0.39 is 60.8 Å². The molecule has 0 N–H and O–H groups in total. The van der Waals surface area contributed by atoms with Crippen LogP contribution >= 0.6 is 0 Å². The molecule has 0 saturated heterocycles. The summed E-state index contributed by atoms with van der Waals surface area (Å²) in [6, 6.07) is -6.81. The average molecular weight is 413 g/mol. The first-order chi connectivity index (χ1) is 10.6. The van der Waals surface area contributed by atoms with Gasteiger partial charge in [-0.25, -0.2) is 4.90 Å². The van der Waals surface area contributed by atoms with Crippen LogP contribution in [0.15, 0.2) is 0 Å². The van der Waals surface area contributed by atoms with E-state index in [2.05, 4.69) is 0 Å². The van der Waals surface area contributed by atoms with Crippen molar-refractivity contribution in [3.05, 3.63) is 0 Å². The van der Waals surface area contributed by atoms with Gasteiger partial charge >= 0.3 is 36.4 Å². The second kappa shape index (κ2) is 6.57. The van der Waals surface area contributed by atoms with E-state index in [0.717, 1.165) is 0 Å². The average Bonchev–Trinajstić information content (AvgIpc) is 2.29. The topological polar surface area (TPSA) is 3.24 Å². The van der Waals surface area contributed by atoms with Crippen LogP contribution in [0.3, 0.4) is 0 Å². The molecule has 0 aromatic heterocycles. The van der Waals surface area contributed by atoms with E-state index in [1.807, 2.05) is 0 Å². The molecule has 0 aliphatic rings. The molecule has 0 aromatic carbocycles. The van der Waals surface area contributed by atoms with Crippen LogP contribution in [0, 0.1) is 0 Å². The molecular formula is C9H6F15N. The van der Waals surface area contributed by atoms with Crippen LogP contribution in [0.4, 0.5) is 65.9 Å². The normalized spacial score (nSPS) is 15.8. The van der Waals surface area contributed by atoms with Crippen LogP contribution in [-0.4, -0.2) is 54.4 Å². The third kappa shape index (κ3) is 5.44. The third-order valence-corrected chi connectivity index (χ3v) is 2.60. The highest BCUT2D eigenvalue weighted by molar-refractivity contribution is 4.94. The summed E-state index contributed by atoms with van der Waals surface area (Å²) in [5, 5.41) is 0. The van der Waals surface area contributed by atoms with Gasteiger partial charge in [-0.15, -0.1) is 0 Å². The molecule has 0 fully saturated rings. The molecule has 0 aliphatic heterocycles. The number of nitrogens with zero attached hydrogens (tertiary/aromatic N) is 1. The van der Waals surface area contributed by atoms with E-state index in [1.54, 1.807) is 0 Å². The second-order valence-electron chi connectivity index (χ2n) is 4.60. The van der Waals surface area contributed by atoms with Gasteiger partial charge < -0.3 is 0 Å². The summed E-state index contributed by atoms with van der Waals surface area (Å²) in [6.07, 6.45) is -22.0. The number of rotatable bonds is 6. The fraction of sp³-hybridized carbons (Fsp3) is 1.00. The monoisotopic (exact) mass is 413 g/mol. The first kappa shape index (κ1) is 23.9. The Balaban J connectivity index is 5.89. The van der Waals surface area contributed by atoms with Crippen LogP contribution in [0.25, 0.3) is 0 Å². The van der Waals surface area contributed by atoms with Gasteiger partial charge in [0.15, 0.2) is 0 Å². The van der Waals surface area contributed by atoms with E-state index in [9.17, 15) is 65.9 Å². The summed E-state index contributed by atoms with van der Waals surface area (Å²) in [5.41, 5.74) is 0. The first-order valence-corrected chi connectivity index (χ1v) is 5.65. The van der Waals surface area contributed by atoms with Crippen molar-refractivity contribution in [2.75, 3.05) is 13.1 Å². The van der Waals surface area contributed by atoms with Crippen molar-refractivity contribution in [3.63, 3.8) is 0 Å². The lowest BCUT2D eigenvalue weighted by Crippen LogP contribution is -2.64. The Morgan fingerprint density at radius 1 is 0.560 bits per heavy atom. The molecule has 0 radical (unpaired) electrons. The van der Waals surface area contributed by atoms with Crippen LogP contribution in [0.2, 0.25) is 0 Å². The minimum absolute atomic E-state index is 2.19. The molecule has 0 spiro atoms. The quantitative estimate of drug-likeness (QED) is 0.426. The Kier molecular flexibility index (Phi) is 6.28. The van der Waals surface area contributed by atoms with Crippen LogP contribution in [0.1, 0.15) is 6.42 Å². The van der Waals surface area contributed by atoms with Gasteiger partial charge in [-0.05, 0) is 0 Å². The Hall–Kier alpha value is -1.09. The van der Waals surface area contributed by atoms with Crippen LogP contribution in [-0.2, 0) is 0 Å². The predicted octanol–water partition coefficient (Wildman–Crippen LogP) is 5.23. The molecule has 1 nitrogen and oxygen atoms in total. The highest BCUT2D eigenvalue weighted by Crippen LogP contribution is 2.49. The zero-order valence-electron chi connectivity index (χ0n) is 11.2. The molecule has 0 bridgehead atoms. The van der Waals surface area contributed by atoms with Crippen molar-refractivity contribution in [2.24, 2.45) is 0 Å². The Morgan fingerprint density at radius 3 is 1.24 bits per heavy atom. The van der Waals surface area contributed by atoms with E-state index >= 15 is 0 Å². The maximum Gasteiger partial charge on any atom is 0.461 e. The van der Waals surface area contributed by atoms with E-state index in [1.165, 1.54) is 0 Å². The van der Waals surface area contributed by atoms with Crippen molar-refractivity contribution < 1.29 is 65.9 Å². The third-order valence-electron chi connectivity index (χ3n) is 2.60. The minimum Gasteiger partial charge on any atom is -0.232 e. The molecule has 0 heterocycles. The van der Waals surface area contributed by atoms with Gasteiger partial charge in [0, 0.05) is 6.54 Å². The summed E-state index contributed by atoms with van der Waals surface area (Å²) in [6.45, 7) is -6.22. The van der Waals surface area contributed by atoms with Gasteiger partial charge in [0.2, 0.25) is 0 Å². The summed E-state index contributed by atoms with van der Waals surface area (Å²) < 4.78 is 185. The standard InChI is InChI=1S/C9H6F15N/c10-4(11,7(17,18)19)3-25(2-1-5(12,13)14)9(23,24)6(15,16)8(20,21)22/h1-3H2. The lowest BCUT2D eigenvalue weighted by atomic mass is 10.2. The summed E-state index contributed by atoms with van der Waals surface area (Å²) in [4.78, 5) is -2.19. The fourth-order valence-corrected chi connectivity index (χ4v) is 1.28. The van der Waals surface area contributed by atoms with Gasteiger partial charge in [0.25, 0.3) is 0 Å². The van der Waals surface area contributed by atoms with Gasteiger partial charge in [0.05, 0.1) is 13.0 Å². The van der Waals surface area contributed by atoms with Crippen LogP contribution in [0.5, 0.6) is 0 Å². The van der Waals surface area contributed by atoms with Crippen LogP contribution < -0.4 is 0 Å². The Bertz CT molecular complexity index is 441. The first-order valence-electron chi connectivity index (χ1n) is 5.65. The summed E-state index contributed by atoms with van der Waals surface area (Å²) >= 11 is 0. The van der Waals surface area contributed by atoms with Crippen molar-refractivity contribution in [1.29, 1.82) is 0 Å². The van der Waals surface area contributed by atoms with E-state index in [-0.39, 0.29) is 0 Å². The van der Waals surface area contributed by atoms with E-state index in [0.29, 0.717) is 0 Å². The molecule has 0 aromatic rings. The highest BCUT2D eigenvalue weighted by Gasteiger charge is 2.76. The lowest BCUT2D eigenvalue weighted by molar-refractivity contribution is -0.398. The molecule has 0 aliphatic carbocycles. The molecular weight excluding hydrogens is 407 g/mol. The number of halogens is 15. The fourth-order valence-electron chi connectivity index (χ4n) is 1.28. The van der Waals surface area contributed by atoms with E-state index in [4.69, 9.17) is 0 Å². The van der Waals surface area contributed by atoms with Crippen molar-refractivity contribution in [2.45, 2.75) is 42.8 Å². The molecule has 0 unspecified atom stereocenters. The number of hydrogen-bond acceptors (Lipinski definition) is 1. The SMILES string of the molecule is FC(F)(F)CCN(CC(F)(F)C(F)(F)F)C(F)(F)C(F)(F)C(F)(F)F. The maximum atomic E-state index is 13.2. The second-order valence-corrected chi connectivity index (χ2v) is 4.60. The molecule has 0 saturated carbocycles. The molecule has 0 rings (SSSR count). The Labute approximate surface area is 128 Å². The lowest BCUT2D eigenvalue weighted by Gasteiger charge is -2.38. The Morgan fingerprint density at radius 2 is 0.960 bits per heavy atom. The van der Waals surface area contributed by atoms with Gasteiger partial charge in [-0.2, -0.15) is 65.9 Å². The zero-order chi connectivity index (χ0) is 20.7. The van der Waals surface area contributed by atoms with Gasteiger partial charge in [0.1, 0.15) is 0 Å². The summed E-state index contributed by atoms with van der Waals surface area (Å²) in [5.74, 6) is -13.5. The van der Waals surface area contributed by atoms with Crippen molar-refractivity contribution in [1.82, 2.24) is 4.90 Å². The smallest absolute Gasteiger partial charge is 0.232 e. The molecule has 0 amide bonds. The molecule has 0 atom stereocenters. The molecule has 25 heavy (non-hydrogen) atoms. The maximum absolute atomic E-state index is 13.2. The van der Waals surface area contributed by atoms with Crippen molar-refractivity contribution in [3.8, 4) is 0 Å². The zero-order valence-corrected chi connectivity index (χ0v) is 11.2. The van der Waals surface area contributed by atoms with Gasteiger partial charge in [-0.3, -0.25) is 0 Å². The van der Waals surface area contributed by atoms with Crippen molar-refractivity contribution >= 4 is 0 Å². The molecule has 16 heteroatoms. The predicted molar refractivity (Wildman–Crippen MR) is 49.2 cm³/mol. The number of hydrogen-bond donors (Lipinski definition) is 0. The highest BCUT2D eigenvalue weighted by atomic mass is 19.4. The largest absolute Gasteiger partial charge is 0.461 e. The van der Waals surface area contributed by atoms with Gasteiger partial charge in [-0.1, -0.05) is 0 Å². The summed E-state index contributed by atoms with van der Waals surface area (Å²) in [7, 11) is 0. The minimum atomic E-state index is -7.20. The number of alkyl halides is 15. The molecule has 152 valence electrons.